The van der Waals surface area contributed by atoms with Crippen molar-refractivity contribution in [1.82, 2.24) is 24.2 Å². The van der Waals surface area contributed by atoms with E-state index in [4.69, 9.17) is 0 Å². The van der Waals surface area contributed by atoms with E-state index in [1.807, 2.05) is 40.7 Å². The zero-order valence-corrected chi connectivity index (χ0v) is 13.2. The third kappa shape index (κ3) is 2.98. The highest BCUT2D eigenvalue weighted by molar-refractivity contribution is 7.09. The predicted molar refractivity (Wildman–Crippen MR) is 86.4 cm³/mol. The summed E-state index contributed by atoms with van der Waals surface area (Å²) in [6, 6.07) is 6.33. The lowest BCUT2D eigenvalue weighted by atomic mass is 10.1. The van der Waals surface area contributed by atoms with Crippen molar-refractivity contribution in [3.8, 4) is 0 Å². The molecule has 0 amide bonds. The number of fused-ring (bicyclic) bond motifs is 1. The summed E-state index contributed by atoms with van der Waals surface area (Å²) in [6.45, 7) is 4.95. The lowest BCUT2D eigenvalue weighted by molar-refractivity contribution is 0.207. The highest BCUT2D eigenvalue weighted by atomic mass is 32.1. The molecule has 0 radical (unpaired) electrons. The summed E-state index contributed by atoms with van der Waals surface area (Å²) in [4.78, 5) is 8.45. The minimum Gasteiger partial charge on any atom is -0.333 e. The van der Waals surface area contributed by atoms with Crippen LogP contribution in [0.3, 0.4) is 0 Å². The molecule has 1 aliphatic heterocycles. The molecule has 0 aliphatic carbocycles. The zero-order chi connectivity index (χ0) is 14.8. The number of thiophene rings is 1. The Balaban J connectivity index is 1.54. The molecule has 0 saturated heterocycles. The molecule has 6 heteroatoms. The normalized spacial score (nSPS) is 19.0. The van der Waals surface area contributed by atoms with Gasteiger partial charge in [-0.1, -0.05) is 6.07 Å². The van der Waals surface area contributed by atoms with Gasteiger partial charge in [0.15, 0.2) is 0 Å². The molecule has 0 unspecified atom stereocenters. The first kappa shape index (κ1) is 13.7. The molecule has 5 nitrogen and oxygen atoms in total. The van der Waals surface area contributed by atoms with Crippen LogP contribution in [0, 0.1) is 5.92 Å². The van der Waals surface area contributed by atoms with Crippen LogP contribution in [-0.4, -0.2) is 30.8 Å². The van der Waals surface area contributed by atoms with E-state index in [2.05, 4.69) is 43.3 Å². The summed E-state index contributed by atoms with van der Waals surface area (Å²) < 4.78 is 4.33. The minimum atomic E-state index is 0.537. The van der Waals surface area contributed by atoms with Gasteiger partial charge in [0.05, 0.1) is 6.54 Å². The van der Waals surface area contributed by atoms with E-state index < -0.39 is 0 Å². The molecule has 0 spiro atoms. The fraction of sp³-hybridized carbons (Fsp3) is 0.375. The second-order valence-corrected chi connectivity index (χ2v) is 6.87. The van der Waals surface area contributed by atoms with Crippen LogP contribution in [0.25, 0.3) is 0 Å². The van der Waals surface area contributed by atoms with Crippen LogP contribution in [0.4, 0.5) is 0 Å². The number of nitrogens with zero attached hydrogens (tertiary/aromatic N) is 5. The van der Waals surface area contributed by atoms with Crippen LogP contribution in [-0.2, 0) is 26.2 Å². The number of hydrogen-bond donors (Lipinski definition) is 0. The second-order valence-electron chi connectivity index (χ2n) is 5.84. The van der Waals surface area contributed by atoms with E-state index in [1.54, 1.807) is 0 Å². The summed E-state index contributed by atoms with van der Waals surface area (Å²) in [5.74, 6) is 1.70. The van der Waals surface area contributed by atoms with Crippen LogP contribution in [0.15, 0.2) is 48.4 Å². The molecule has 22 heavy (non-hydrogen) atoms. The van der Waals surface area contributed by atoms with Gasteiger partial charge in [0.2, 0.25) is 0 Å². The van der Waals surface area contributed by atoms with Gasteiger partial charge in [-0.2, -0.15) is 5.10 Å². The molecular weight excluding hydrogens is 294 g/mol. The fourth-order valence-electron chi connectivity index (χ4n) is 3.16. The van der Waals surface area contributed by atoms with E-state index >= 15 is 0 Å². The number of rotatable bonds is 4. The first-order chi connectivity index (χ1) is 10.9. The first-order valence-electron chi connectivity index (χ1n) is 7.59. The van der Waals surface area contributed by atoms with Crippen molar-refractivity contribution in [2.45, 2.75) is 26.2 Å². The van der Waals surface area contributed by atoms with Gasteiger partial charge in [0.25, 0.3) is 0 Å². The van der Waals surface area contributed by atoms with Crippen molar-refractivity contribution in [2.24, 2.45) is 5.92 Å². The third-order valence-electron chi connectivity index (χ3n) is 4.10. The van der Waals surface area contributed by atoms with Crippen LogP contribution in [0.5, 0.6) is 0 Å². The van der Waals surface area contributed by atoms with Crippen LogP contribution < -0.4 is 0 Å². The summed E-state index contributed by atoms with van der Waals surface area (Å²) in [7, 11) is 0. The van der Waals surface area contributed by atoms with Crippen molar-refractivity contribution in [1.29, 1.82) is 0 Å². The predicted octanol–water partition coefficient (Wildman–Crippen LogP) is 2.47. The van der Waals surface area contributed by atoms with Crippen LogP contribution in [0.2, 0.25) is 0 Å². The molecule has 0 N–H and O–H groups in total. The van der Waals surface area contributed by atoms with Gasteiger partial charge in [0, 0.05) is 61.8 Å². The fourth-order valence-corrected chi connectivity index (χ4v) is 3.90. The Morgan fingerprint density at radius 1 is 1.18 bits per heavy atom. The van der Waals surface area contributed by atoms with E-state index in [9.17, 15) is 0 Å². The van der Waals surface area contributed by atoms with Crippen molar-refractivity contribution < 1.29 is 0 Å². The smallest absolute Gasteiger partial charge is 0.122 e. The monoisotopic (exact) mass is 313 g/mol. The Labute approximate surface area is 133 Å². The standard InChI is InChI=1S/C16H19N5S/c1-3-15(22-8-1)12-19-9-14(11-21-6-2-4-18-21)10-20-7-5-17-16(20)13-19/h1-8,14H,9-13H2/t14-/m1/s1. The van der Waals surface area contributed by atoms with Gasteiger partial charge >= 0.3 is 0 Å². The minimum absolute atomic E-state index is 0.537. The molecular formula is C16H19N5S. The Morgan fingerprint density at radius 2 is 2.18 bits per heavy atom. The topological polar surface area (TPSA) is 38.9 Å². The molecule has 3 aromatic heterocycles. The molecule has 0 fully saturated rings. The van der Waals surface area contributed by atoms with Crippen molar-refractivity contribution in [3.63, 3.8) is 0 Å². The Kier molecular flexibility index (Phi) is 3.78. The molecule has 0 bridgehead atoms. The number of imidazole rings is 1. The average molecular weight is 313 g/mol. The van der Waals surface area contributed by atoms with Gasteiger partial charge in [-0.25, -0.2) is 4.98 Å². The van der Waals surface area contributed by atoms with E-state index in [-0.39, 0.29) is 0 Å². The SMILES string of the molecule is c1csc(CN2Cc3nccn3C[C@H](Cn3cccn3)C2)c1. The highest BCUT2D eigenvalue weighted by Gasteiger charge is 2.23. The Morgan fingerprint density at radius 3 is 3.00 bits per heavy atom. The van der Waals surface area contributed by atoms with Crippen molar-refractivity contribution >= 4 is 11.3 Å². The second kappa shape index (κ2) is 6.06. The van der Waals surface area contributed by atoms with Gasteiger partial charge in [0.1, 0.15) is 5.82 Å². The summed E-state index contributed by atoms with van der Waals surface area (Å²) in [5.41, 5.74) is 0. The molecule has 114 valence electrons. The van der Waals surface area contributed by atoms with Crippen LogP contribution >= 0.6 is 11.3 Å². The molecule has 3 aromatic rings. The zero-order valence-electron chi connectivity index (χ0n) is 12.4. The molecule has 1 atom stereocenters. The van der Waals surface area contributed by atoms with E-state index in [0.717, 1.165) is 32.7 Å². The van der Waals surface area contributed by atoms with Crippen LogP contribution in [0.1, 0.15) is 10.7 Å². The largest absolute Gasteiger partial charge is 0.333 e. The average Bonchev–Trinajstić information content (AvgIpc) is 3.22. The highest BCUT2D eigenvalue weighted by Crippen LogP contribution is 2.20. The van der Waals surface area contributed by atoms with Gasteiger partial charge in [-0.3, -0.25) is 9.58 Å². The maximum Gasteiger partial charge on any atom is 0.122 e. The lowest BCUT2D eigenvalue weighted by Crippen LogP contribution is -2.29. The lowest BCUT2D eigenvalue weighted by Gasteiger charge is -2.23. The third-order valence-corrected chi connectivity index (χ3v) is 4.96. The molecule has 0 saturated carbocycles. The maximum atomic E-state index is 4.53. The quantitative estimate of drug-likeness (QED) is 0.743. The molecule has 4 rings (SSSR count). The summed E-state index contributed by atoms with van der Waals surface area (Å²) >= 11 is 1.83. The molecule has 1 aliphatic rings. The maximum absolute atomic E-state index is 4.53. The van der Waals surface area contributed by atoms with Crippen molar-refractivity contribution in [2.75, 3.05) is 6.54 Å². The van der Waals surface area contributed by atoms with Crippen molar-refractivity contribution in [3.05, 3.63) is 59.1 Å². The number of hydrogen-bond acceptors (Lipinski definition) is 4. The van der Waals surface area contributed by atoms with Gasteiger partial charge in [-0.05, 0) is 17.5 Å². The van der Waals surface area contributed by atoms with Gasteiger partial charge in [-0.15, -0.1) is 11.3 Å². The number of aromatic nitrogens is 4. The Hall–Kier alpha value is -1.92. The molecule has 4 heterocycles. The summed E-state index contributed by atoms with van der Waals surface area (Å²) in [5, 5.41) is 6.51. The van der Waals surface area contributed by atoms with Gasteiger partial charge < -0.3 is 4.57 Å². The summed E-state index contributed by atoms with van der Waals surface area (Å²) in [6.07, 6.45) is 7.90. The van der Waals surface area contributed by atoms with E-state index in [1.165, 1.54) is 10.7 Å². The molecule has 0 aromatic carbocycles. The van der Waals surface area contributed by atoms with E-state index in [0.29, 0.717) is 5.92 Å². The Bertz CT molecular complexity index is 642. The first-order valence-corrected chi connectivity index (χ1v) is 8.47.